The Morgan fingerprint density at radius 3 is 2.06 bits per heavy atom. The lowest BCUT2D eigenvalue weighted by molar-refractivity contribution is 0.624. The molecule has 0 nitrogen and oxygen atoms in total. The first-order chi connectivity index (χ1) is 8.49. The minimum Gasteiger partial charge on any atom is -0.207 e. The van der Waals surface area contributed by atoms with Gasteiger partial charge in [0.25, 0.3) is 0 Å². The van der Waals surface area contributed by atoms with E-state index >= 15 is 0 Å². The maximum atomic E-state index is 13.3. The van der Waals surface area contributed by atoms with Crippen molar-refractivity contribution < 1.29 is 4.39 Å². The van der Waals surface area contributed by atoms with Gasteiger partial charge in [0.05, 0.1) is 4.83 Å². The highest BCUT2D eigenvalue weighted by molar-refractivity contribution is 9.09. The van der Waals surface area contributed by atoms with Crippen LogP contribution in [0.25, 0.3) is 0 Å². The summed E-state index contributed by atoms with van der Waals surface area (Å²) in [5, 5.41) is 0.714. The molecule has 94 valence electrons. The van der Waals surface area contributed by atoms with Crippen molar-refractivity contribution in [2.75, 3.05) is 0 Å². The summed E-state index contributed by atoms with van der Waals surface area (Å²) in [5.41, 5.74) is 4.12. The van der Waals surface area contributed by atoms with Gasteiger partial charge in [0, 0.05) is 5.02 Å². The summed E-state index contributed by atoms with van der Waals surface area (Å²) in [6.45, 7) is 3.85. The Bertz CT molecular complexity index is 540. The smallest absolute Gasteiger partial charge is 0.123 e. The fourth-order valence-electron chi connectivity index (χ4n) is 2.12. The molecule has 0 fully saturated rings. The van der Waals surface area contributed by atoms with E-state index in [0.29, 0.717) is 5.02 Å². The lowest BCUT2D eigenvalue weighted by atomic mass is 9.96. The van der Waals surface area contributed by atoms with Crippen LogP contribution in [0.5, 0.6) is 0 Å². The summed E-state index contributed by atoms with van der Waals surface area (Å²) in [4.78, 5) is 0.0513. The van der Waals surface area contributed by atoms with Crippen molar-refractivity contribution in [1.29, 1.82) is 0 Å². The minimum atomic E-state index is -0.190. The number of hydrogen-bond donors (Lipinski definition) is 0. The number of alkyl halides is 1. The van der Waals surface area contributed by atoms with Gasteiger partial charge in [-0.2, -0.15) is 0 Å². The Morgan fingerprint density at radius 1 is 1.06 bits per heavy atom. The summed E-state index contributed by atoms with van der Waals surface area (Å²) in [6.07, 6.45) is 0. The molecule has 0 amide bonds. The van der Waals surface area contributed by atoms with E-state index in [1.165, 1.54) is 0 Å². The molecule has 2 aromatic carbocycles. The maximum Gasteiger partial charge on any atom is 0.123 e. The van der Waals surface area contributed by atoms with Gasteiger partial charge in [-0.25, -0.2) is 4.39 Å². The average Bonchev–Trinajstić information content (AvgIpc) is 2.28. The summed E-state index contributed by atoms with van der Waals surface area (Å²) < 4.78 is 13.3. The van der Waals surface area contributed by atoms with Gasteiger partial charge < -0.3 is 0 Å². The number of aryl methyl sites for hydroxylation is 2. The Balaban J connectivity index is 2.46. The molecule has 0 saturated heterocycles. The average molecular weight is 328 g/mol. The zero-order valence-corrected chi connectivity index (χ0v) is 12.5. The van der Waals surface area contributed by atoms with E-state index in [1.54, 1.807) is 12.1 Å². The third kappa shape index (κ3) is 2.76. The predicted molar refractivity (Wildman–Crippen MR) is 78.1 cm³/mol. The maximum absolute atomic E-state index is 13.3. The second-order valence-electron chi connectivity index (χ2n) is 4.37. The molecule has 0 aliphatic heterocycles. The quantitative estimate of drug-likeness (QED) is 0.632. The molecule has 0 bridgehead atoms. The van der Waals surface area contributed by atoms with Gasteiger partial charge in [-0.3, -0.25) is 0 Å². The van der Waals surface area contributed by atoms with E-state index in [0.717, 1.165) is 22.3 Å². The molecule has 3 heteroatoms. The molecule has 2 aromatic rings. The first-order valence-corrected chi connectivity index (χ1v) is 6.94. The number of rotatable bonds is 2. The molecule has 0 heterocycles. The molecule has 2 rings (SSSR count). The second-order valence-corrected chi connectivity index (χ2v) is 5.72. The van der Waals surface area contributed by atoms with Crippen LogP contribution in [0.4, 0.5) is 4.39 Å². The largest absolute Gasteiger partial charge is 0.207 e. The van der Waals surface area contributed by atoms with Gasteiger partial charge in [0.1, 0.15) is 5.82 Å². The molecule has 0 aliphatic carbocycles. The van der Waals surface area contributed by atoms with Crippen LogP contribution in [0, 0.1) is 19.7 Å². The van der Waals surface area contributed by atoms with Crippen molar-refractivity contribution in [3.63, 3.8) is 0 Å². The Kier molecular flexibility index (Phi) is 4.08. The molecular weight excluding hydrogens is 315 g/mol. The monoisotopic (exact) mass is 326 g/mol. The van der Waals surface area contributed by atoms with Gasteiger partial charge >= 0.3 is 0 Å². The SMILES string of the molecule is Cc1cc(F)cc(C)c1C(Br)c1ccc(Cl)cc1. The van der Waals surface area contributed by atoms with Gasteiger partial charge in [-0.15, -0.1) is 0 Å². The van der Waals surface area contributed by atoms with Gasteiger partial charge in [0.15, 0.2) is 0 Å². The number of hydrogen-bond acceptors (Lipinski definition) is 0. The molecular formula is C15H13BrClF. The van der Waals surface area contributed by atoms with Crippen LogP contribution in [0.2, 0.25) is 5.02 Å². The van der Waals surface area contributed by atoms with Crippen molar-refractivity contribution in [1.82, 2.24) is 0 Å². The van der Waals surface area contributed by atoms with E-state index in [1.807, 2.05) is 38.1 Å². The molecule has 0 aliphatic rings. The van der Waals surface area contributed by atoms with E-state index < -0.39 is 0 Å². The molecule has 1 atom stereocenters. The highest BCUT2D eigenvalue weighted by atomic mass is 79.9. The summed E-state index contributed by atoms with van der Waals surface area (Å²) in [7, 11) is 0. The number of halogens is 3. The van der Waals surface area contributed by atoms with Crippen molar-refractivity contribution >= 4 is 27.5 Å². The molecule has 18 heavy (non-hydrogen) atoms. The Morgan fingerprint density at radius 2 is 1.56 bits per heavy atom. The van der Waals surface area contributed by atoms with Crippen LogP contribution in [-0.2, 0) is 0 Å². The number of benzene rings is 2. The minimum absolute atomic E-state index is 0.0513. The third-order valence-corrected chi connectivity index (χ3v) is 4.21. The summed E-state index contributed by atoms with van der Waals surface area (Å²) in [5.74, 6) is -0.190. The second kappa shape index (κ2) is 5.41. The van der Waals surface area contributed by atoms with Crippen molar-refractivity contribution in [2.45, 2.75) is 18.7 Å². The zero-order valence-electron chi connectivity index (χ0n) is 10.2. The highest BCUT2D eigenvalue weighted by Gasteiger charge is 2.16. The van der Waals surface area contributed by atoms with Crippen LogP contribution in [0.1, 0.15) is 27.1 Å². The van der Waals surface area contributed by atoms with E-state index in [2.05, 4.69) is 15.9 Å². The summed E-state index contributed by atoms with van der Waals surface area (Å²) >= 11 is 9.56. The fraction of sp³-hybridized carbons (Fsp3) is 0.200. The van der Waals surface area contributed by atoms with Crippen molar-refractivity contribution in [3.8, 4) is 0 Å². The predicted octanol–water partition coefficient (Wildman–Crippen LogP) is 5.58. The molecule has 0 N–H and O–H groups in total. The van der Waals surface area contributed by atoms with Gasteiger partial charge in [0.2, 0.25) is 0 Å². The topological polar surface area (TPSA) is 0 Å². The van der Waals surface area contributed by atoms with Crippen LogP contribution in [0.15, 0.2) is 36.4 Å². The third-order valence-electron chi connectivity index (χ3n) is 2.97. The van der Waals surface area contributed by atoms with Crippen LogP contribution in [-0.4, -0.2) is 0 Å². The van der Waals surface area contributed by atoms with Crippen molar-refractivity contribution in [2.24, 2.45) is 0 Å². The molecule has 0 aromatic heterocycles. The summed E-state index contributed by atoms with van der Waals surface area (Å²) in [6, 6.07) is 10.8. The molecule has 1 unspecified atom stereocenters. The fourth-order valence-corrected chi connectivity index (χ4v) is 3.27. The molecule has 0 radical (unpaired) electrons. The zero-order chi connectivity index (χ0) is 13.3. The van der Waals surface area contributed by atoms with Gasteiger partial charge in [-0.05, 0) is 60.4 Å². The molecule has 0 spiro atoms. The lowest BCUT2D eigenvalue weighted by Gasteiger charge is -2.17. The van der Waals surface area contributed by atoms with E-state index in [-0.39, 0.29) is 10.6 Å². The Hall–Kier alpha value is -0.860. The standard InChI is InChI=1S/C15H13BrClF/c1-9-7-13(18)8-10(2)14(9)15(16)11-3-5-12(17)6-4-11/h3-8,15H,1-2H3. The van der Waals surface area contributed by atoms with E-state index in [4.69, 9.17) is 11.6 Å². The normalized spacial score (nSPS) is 12.5. The van der Waals surface area contributed by atoms with Gasteiger partial charge in [-0.1, -0.05) is 39.7 Å². The van der Waals surface area contributed by atoms with Crippen LogP contribution in [0.3, 0.4) is 0 Å². The van der Waals surface area contributed by atoms with Crippen LogP contribution < -0.4 is 0 Å². The molecule has 0 saturated carbocycles. The van der Waals surface area contributed by atoms with E-state index in [9.17, 15) is 4.39 Å². The van der Waals surface area contributed by atoms with Crippen molar-refractivity contribution in [3.05, 3.63) is 69.5 Å². The Labute approximate surface area is 120 Å². The highest BCUT2D eigenvalue weighted by Crippen LogP contribution is 2.35. The first-order valence-electron chi connectivity index (χ1n) is 5.65. The first kappa shape index (κ1) is 13.6. The lowest BCUT2D eigenvalue weighted by Crippen LogP contribution is -2.00. The van der Waals surface area contributed by atoms with Crippen LogP contribution >= 0.6 is 27.5 Å².